The van der Waals surface area contributed by atoms with Gasteiger partial charge in [0.05, 0.1) is 24.5 Å². The molecule has 3 aromatic carbocycles. The molecule has 0 unspecified atom stereocenters. The third-order valence-electron chi connectivity index (χ3n) is 6.53. The normalized spacial score (nSPS) is 27.9. The molecular weight excluding hydrogens is 580 g/mol. The second-order valence-electron chi connectivity index (χ2n) is 10.3. The van der Waals surface area contributed by atoms with Crippen molar-refractivity contribution >= 4 is 17.8 Å². The van der Waals surface area contributed by atoms with E-state index in [4.69, 9.17) is 32.2 Å². The summed E-state index contributed by atoms with van der Waals surface area (Å²) in [6, 6.07) is -10.1. The Labute approximate surface area is 305 Å². The summed E-state index contributed by atoms with van der Waals surface area (Å²) in [5.74, 6) is -5.22. The number of rotatable bonds is 15. The van der Waals surface area contributed by atoms with Gasteiger partial charge in [-0.1, -0.05) is 92.5 Å². The van der Waals surface area contributed by atoms with Crippen LogP contribution < -0.4 is 20.7 Å². The van der Waals surface area contributed by atoms with Crippen LogP contribution in [0.5, 0.6) is 5.75 Å². The number of amides is 4. The van der Waals surface area contributed by atoms with Crippen molar-refractivity contribution in [3.63, 3.8) is 0 Å². The van der Waals surface area contributed by atoms with Gasteiger partial charge in [-0.2, -0.15) is 0 Å². The first-order valence-corrected chi connectivity index (χ1v) is 14.0. The number of benzene rings is 3. The van der Waals surface area contributed by atoms with E-state index in [0.29, 0.717) is 5.56 Å². The molecule has 0 bridgehead atoms. The van der Waals surface area contributed by atoms with Crippen LogP contribution in [0, 0.1) is 19.6 Å². The lowest BCUT2D eigenvalue weighted by atomic mass is 9.92. The van der Waals surface area contributed by atoms with Crippen LogP contribution in [-0.4, -0.2) is 71.7 Å². The topological polar surface area (TPSA) is 120 Å². The molecule has 1 heterocycles. The van der Waals surface area contributed by atoms with Crippen LogP contribution in [0.1, 0.15) is 80.4 Å². The molecule has 0 spiro atoms. The molecule has 46 heavy (non-hydrogen) atoms. The number of hydrogen-bond donors (Lipinski definition) is 4. The highest BCUT2D eigenvalue weighted by Gasteiger charge is 2.35. The van der Waals surface area contributed by atoms with Crippen LogP contribution in [0.2, 0.25) is 0 Å². The Balaban J connectivity index is 1.89. The van der Waals surface area contributed by atoms with Gasteiger partial charge in [0.15, 0.2) is 6.61 Å². The minimum Gasteiger partial charge on any atom is -0.483 e. The first-order chi connectivity index (χ1) is 31.2. The van der Waals surface area contributed by atoms with Crippen LogP contribution in [0.15, 0.2) is 78.7 Å². The Hall–Kier alpha value is -4.37. The van der Waals surface area contributed by atoms with Gasteiger partial charge >= 0.3 is 6.03 Å². The molecule has 3 aromatic rings. The number of hydrogen-bond acceptors (Lipinski definition) is 5. The lowest BCUT2D eigenvalue weighted by molar-refractivity contribution is -0.128. The van der Waals surface area contributed by atoms with Gasteiger partial charge in [-0.05, 0) is 67.5 Å². The SMILES string of the molecule is [2H]c1c([2H])c([2H])c(C([2H])([2H])[C@]([2H])(NC(=O)COc2c(C([2H])([2H])[2H])c([2H])c([2H])c([2H])c2C([2H])([2H])[2H])[C@@H](O)C[C@H](Cc2ccccc2)NC(=O)[C@H](C(C)C)N2C(=O)NC([2H])([2H])C([2H])([2H])C2([2H])[2H])c([2H])c1[2H]. The molecule has 9 heteroatoms. The van der Waals surface area contributed by atoms with Gasteiger partial charge in [0.2, 0.25) is 5.91 Å². The fraction of sp³-hybridized carbons (Fsp3) is 0.432. The van der Waals surface area contributed by atoms with Crippen molar-refractivity contribution < 1.29 is 55.8 Å². The highest BCUT2D eigenvalue weighted by molar-refractivity contribution is 5.87. The molecule has 1 aliphatic heterocycles. The van der Waals surface area contributed by atoms with Crippen molar-refractivity contribution in [2.24, 2.45) is 5.92 Å². The summed E-state index contributed by atoms with van der Waals surface area (Å²) in [7, 11) is 0. The molecule has 4 atom stereocenters. The van der Waals surface area contributed by atoms with Crippen molar-refractivity contribution in [2.45, 2.75) is 77.3 Å². The molecular formula is C37H48N4O5. The summed E-state index contributed by atoms with van der Waals surface area (Å²) in [6.45, 7) is -12.5. The number of nitrogens with zero attached hydrogens (tertiary/aromatic N) is 1. The summed E-state index contributed by atoms with van der Waals surface area (Å²) in [4.78, 5) is 41.8. The number of ether oxygens (including phenoxy) is 1. The van der Waals surface area contributed by atoms with E-state index in [2.05, 4.69) is 5.32 Å². The fourth-order valence-electron chi connectivity index (χ4n) is 4.47. The minimum atomic E-state index is -3.78. The van der Waals surface area contributed by atoms with E-state index in [0.717, 1.165) is 0 Å². The molecule has 4 N–H and O–H groups in total. The van der Waals surface area contributed by atoms with E-state index in [1.54, 1.807) is 23.5 Å². The van der Waals surface area contributed by atoms with Crippen molar-refractivity contribution in [1.29, 1.82) is 0 Å². The maximum atomic E-state index is 14.4. The zero-order valence-electron chi connectivity index (χ0n) is 47.8. The number of aliphatic hydroxyl groups is 1. The zero-order chi connectivity index (χ0) is 53.1. The third kappa shape index (κ3) is 9.81. The average molecular weight is 652 g/mol. The molecule has 4 rings (SSSR count). The highest BCUT2D eigenvalue weighted by atomic mass is 16.5. The Bertz CT molecular complexity index is 2400. The highest BCUT2D eigenvalue weighted by Crippen LogP contribution is 2.22. The zero-order valence-corrected chi connectivity index (χ0v) is 24.8. The lowest BCUT2D eigenvalue weighted by Crippen LogP contribution is -2.59. The number of para-hydroxylation sites is 1. The second kappa shape index (κ2) is 16.8. The van der Waals surface area contributed by atoms with E-state index >= 15 is 0 Å². The van der Waals surface area contributed by atoms with Gasteiger partial charge < -0.3 is 30.7 Å². The number of urea groups is 1. The molecule has 1 aliphatic rings. The van der Waals surface area contributed by atoms with E-state index in [9.17, 15) is 23.6 Å². The van der Waals surface area contributed by atoms with E-state index < -0.39 is 171 Å². The summed E-state index contributed by atoms with van der Waals surface area (Å²) < 4.78 is 197. The van der Waals surface area contributed by atoms with Gasteiger partial charge in [0, 0.05) is 38.2 Å². The molecule has 0 aromatic heterocycles. The summed E-state index contributed by atoms with van der Waals surface area (Å²) in [6.07, 6.45) is -11.3. The molecule has 4 amide bonds. The van der Waals surface area contributed by atoms with Crippen LogP contribution in [0.4, 0.5) is 4.79 Å². The molecule has 1 fully saturated rings. The lowest BCUT2D eigenvalue weighted by Gasteiger charge is -2.37. The monoisotopic (exact) mass is 652 g/mol. The molecule has 0 aliphatic carbocycles. The predicted molar refractivity (Wildman–Crippen MR) is 180 cm³/mol. The summed E-state index contributed by atoms with van der Waals surface area (Å²) >= 11 is 0. The average Bonchev–Trinajstić information content (AvgIpc) is 3.20. The Morgan fingerprint density at radius 2 is 1.80 bits per heavy atom. The van der Waals surface area contributed by atoms with E-state index in [1.807, 2.05) is 5.32 Å². The van der Waals surface area contributed by atoms with Gasteiger partial charge in [0.25, 0.3) is 5.91 Å². The smallest absolute Gasteiger partial charge is 0.318 e. The summed E-state index contributed by atoms with van der Waals surface area (Å²) in [5.41, 5.74) is -3.32. The van der Waals surface area contributed by atoms with Crippen molar-refractivity contribution in [3.05, 3.63) is 101 Å². The number of aliphatic hydroxyl groups excluding tert-OH is 1. The Morgan fingerprint density at radius 3 is 2.48 bits per heavy atom. The summed E-state index contributed by atoms with van der Waals surface area (Å²) in [5, 5.41) is 18.2. The Kier molecular flexibility index (Phi) is 5.49. The van der Waals surface area contributed by atoms with Gasteiger partial charge in [-0.15, -0.1) is 0 Å². The Morgan fingerprint density at radius 1 is 1.09 bits per heavy atom. The number of nitrogens with one attached hydrogen (secondary N) is 3. The first kappa shape index (κ1) is 15.0. The maximum absolute atomic E-state index is 14.4. The molecule has 0 radical (unpaired) electrons. The van der Waals surface area contributed by atoms with Crippen LogP contribution in [0.3, 0.4) is 0 Å². The molecule has 246 valence electrons. The fourth-order valence-corrected chi connectivity index (χ4v) is 4.47. The van der Waals surface area contributed by atoms with Crippen LogP contribution in [-0.2, 0) is 22.4 Å². The predicted octanol–water partition coefficient (Wildman–Crippen LogP) is 4.33. The third-order valence-corrected chi connectivity index (χ3v) is 6.53. The van der Waals surface area contributed by atoms with Crippen molar-refractivity contribution in [2.75, 3.05) is 19.6 Å². The number of carbonyl (C=O) groups excluding carboxylic acids is 3. The quantitative estimate of drug-likeness (QED) is 0.195. The standard InChI is InChI=1S/C37H48N4O5/c1-25(2)34(41-20-12-19-38-37(41)45)36(44)39-30(21-28-15-7-5-8-16-28)23-32(42)31(22-29-17-9-6-10-18-29)40-33(43)24-46-35-26(3)13-11-14-27(35)4/h5-11,13-18,25,30-32,34,42H,12,19-24H2,1-4H3,(H,38,45)(H,39,44)(H,40,43)/t30-,31-,32-,34-/m0/s1/i3D3,4D3,6D,9D,10D,11D,12D2,13D,14D,17D,18D,19D2,20D2,22D2,31D. The maximum Gasteiger partial charge on any atom is 0.318 e. The second-order valence-corrected chi connectivity index (χ2v) is 10.3. The van der Waals surface area contributed by atoms with E-state index in [-0.39, 0.29) is 11.3 Å². The van der Waals surface area contributed by atoms with Gasteiger partial charge in [-0.3, -0.25) is 9.59 Å². The molecule has 1 saturated heterocycles. The minimum absolute atomic E-state index is 0.163. The van der Waals surface area contributed by atoms with Gasteiger partial charge in [-0.25, -0.2) is 4.79 Å². The number of carbonyl (C=O) groups is 3. The first-order valence-electron chi connectivity index (χ1n) is 25.5. The van der Waals surface area contributed by atoms with E-state index in [1.165, 1.54) is 26.0 Å². The van der Waals surface area contributed by atoms with Crippen LogP contribution in [0.25, 0.3) is 0 Å². The van der Waals surface area contributed by atoms with Gasteiger partial charge in [0.1, 0.15) is 11.8 Å². The van der Waals surface area contributed by atoms with Crippen LogP contribution >= 0.6 is 0 Å². The van der Waals surface area contributed by atoms with Crippen molar-refractivity contribution in [3.8, 4) is 5.75 Å². The van der Waals surface area contributed by atoms with Crippen molar-refractivity contribution in [1.82, 2.24) is 20.9 Å². The largest absolute Gasteiger partial charge is 0.483 e. The molecule has 0 saturated carbocycles. The molecule has 9 nitrogen and oxygen atoms in total.